The van der Waals surface area contributed by atoms with Crippen LogP contribution in [0.4, 0.5) is 0 Å². The first-order valence-electron chi connectivity index (χ1n) is 7.61. The fourth-order valence-corrected chi connectivity index (χ4v) is 2.12. The molecule has 2 rings (SSSR count). The zero-order valence-corrected chi connectivity index (χ0v) is 13.5. The first kappa shape index (κ1) is 17.0. The SMILES string of the molecule is C=C(C)[C@H](O)CCC(C)=CCOc1ccc2ccc(=O)oc2c1. The molecule has 0 saturated heterocycles. The number of allylic oxidation sites excluding steroid dienone is 1. The van der Waals surface area contributed by atoms with Crippen molar-refractivity contribution in [3.8, 4) is 5.75 Å². The number of ether oxygens (including phenoxy) is 1. The van der Waals surface area contributed by atoms with Gasteiger partial charge in [0.15, 0.2) is 0 Å². The molecule has 4 heteroatoms. The molecule has 0 spiro atoms. The van der Waals surface area contributed by atoms with Gasteiger partial charge in [-0.25, -0.2) is 4.79 Å². The number of hydrogen-bond acceptors (Lipinski definition) is 4. The molecular formula is C19H22O4. The van der Waals surface area contributed by atoms with Gasteiger partial charge in [0.2, 0.25) is 0 Å². The Kier molecular flexibility index (Phi) is 5.77. The van der Waals surface area contributed by atoms with E-state index in [9.17, 15) is 9.90 Å². The average molecular weight is 314 g/mol. The van der Waals surface area contributed by atoms with Gasteiger partial charge in [-0.3, -0.25) is 0 Å². The second kappa shape index (κ2) is 7.79. The predicted octanol–water partition coefficient (Wildman–Crippen LogP) is 3.84. The number of fused-ring (bicyclic) bond motifs is 1. The summed E-state index contributed by atoms with van der Waals surface area (Å²) in [5.74, 6) is 0.651. The van der Waals surface area contributed by atoms with Crippen molar-refractivity contribution in [3.63, 3.8) is 0 Å². The van der Waals surface area contributed by atoms with Crippen LogP contribution in [0.15, 0.2) is 63.3 Å². The summed E-state index contributed by atoms with van der Waals surface area (Å²) in [6, 6.07) is 8.53. The zero-order chi connectivity index (χ0) is 16.8. The van der Waals surface area contributed by atoms with Crippen molar-refractivity contribution in [1.82, 2.24) is 0 Å². The molecule has 0 amide bonds. The molecular weight excluding hydrogens is 292 g/mol. The number of aliphatic hydroxyl groups excluding tert-OH is 1. The molecule has 1 atom stereocenters. The Morgan fingerprint density at radius 1 is 1.35 bits per heavy atom. The minimum absolute atomic E-state index is 0.374. The van der Waals surface area contributed by atoms with E-state index in [4.69, 9.17) is 9.15 Å². The third kappa shape index (κ3) is 5.11. The molecule has 0 saturated carbocycles. The molecule has 0 bridgehead atoms. The van der Waals surface area contributed by atoms with E-state index in [1.165, 1.54) is 6.07 Å². The zero-order valence-electron chi connectivity index (χ0n) is 13.5. The molecule has 0 aliphatic rings. The lowest BCUT2D eigenvalue weighted by molar-refractivity contribution is 0.201. The standard InChI is InChI=1S/C19H22O4/c1-13(2)17(20)8-4-14(3)10-11-22-16-7-5-15-6-9-19(21)23-18(15)12-16/h5-7,9-10,12,17,20H,1,4,8,11H2,2-3H3/t17-/m1/s1. The Morgan fingerprint density at radius 2 is 2.09 bits per heavy atom. The predicted molar refractivity (Wildman–Crippen MR) is 91.8 cm³/mol. The van der Waals surface area contributed by atoms with Gasteiger partial charge in [0, 0.05) is 17.5 Å². The normalized spacial score (nSPS) is 13.1. The molecule has 1 N–H and O–H groups in total. The van der Waals surface area contributed by atoms with Crippen molar-refractivity contribution in [2.24, 2.45) is 0 Å². The van der Waals surface area contributed by atoms with Crippen molar-refractivity contribution in [2.75, 3.05) is 6.61 Å². The van der Waals surface area contributed by atoms with Crippen LogP contribution in [0.3, 0.4) is 0 Å². The highest BCUT2D eigenvalue weighted by molar-refractivity contribution is 5.77. The van der Waals surface area contributed by atoms with Crippen LogP contribution >= 0.6 is 0 Å². The highest BCUT2D eigenvalue weighted by atomic mass is 16.5. The quantitative estimate of drug-likeness (QED) is 0.623. The van der Waals surface area contributed by atoms with Gasteiger partial charge >= 0.3 is 5.63 Å². The van der Waals surface area contributed by atoms with Gasteiger partial charge < -0.3 is 14.3 Å². The first-order chi connectivity index (χ1) is 11.0. The summed E-state index contributed by atoms with van der Waals surface area (Å²) in [7, 11) is 0. The van der Waals surface area contributed by atoms with Crippen molar-refractivity contribution in [2.45, 2.75) is 32.8 Å². The van der Waals surface area contributed by atoms with Gasteiger partial charge in [-0.15, -0.1) is 0 Å². The molecule has 122 valence electrons. The second-order valence-corrected chi connectivity index (χ2v) is 5.72. The highest BCUT2D eigenvalue weighted by Crippen LogP contribution is 2.19. The number of aliphatic hydroxyl groups is 1. The molecule has 0 aliphatic carbocycles. The maximum atomic E-state index is 11.2. The second-order valence-electron chi connectivity index (χ2n) is 5.72. The maximum absolute atomic E-state index is 11.2. The van der Waals surface area contributed by atoms with Crippen LogP contribution in [-0.4, -0.2) is 17.8 Å². The van der Waals surface area contributed by atoms with E-state index in [0.29, 0.717) is 24.4 Å². The van der Waals surface area contributed by atoms with Gasteiger partial charge in [-0.2, -0.15) is 0 Å². The molecule has 1 heterocycles. The number of benzene rings is 1. The van der Waals surface area contributed by atoms with E-state index in [1.807, 2.05) is 32.1 Å². The van der Waals surface area contributed by atoms with E-state index in [2.05, 4.69) is 6.58 Å². The van der Waals surface area contributed by atoms with Gasteiger partial charge in [0.1, 0.15) is 17.9 Å². The monoisotopic (exact) mass is 314 g/mol. The molecule has 0 fully saturated rings. The van der Waals surface area contributed by atoms with Crippen LogP contribution in [0.2, 0.25) is 0 Å². The average Bonchev–Trinajstić information content (AvgIpc) is 2.52. The summed E-state index contributed by atoms with van der Waals surface area (Å²) < 4.78 is 10.8. The Balaban J connectivity index is 1.91. The fourth-order valence-electron chi connectivity index (χ4n) is 2.12. The van der Waals surface area contributed by atoms with Crippen molar-refractivity contribution in [3.05, 3.63) is 64.6 Å². The Morgan fingerprint density at radius 3 is 2.83 bits per heavy atom. The first-order valence-corrected chi connectivity index (χ1v) is 7.61. The molecule has 0 unspecified atom stereocenters. The van der Waals surface area contributed by atoms with Gasteiger partial charge in [-0.1, -0.05) is 17.7 Å². The maximum Gasteiger partial charge on any atom is 0.336 e. The Bertz CT molecular complexity index is 770. The van der Waals surface area contributed by atoms with Gasteiger partial charge in [0.25, 0.3) is 0 Å². The third-order valence-electron chi connectivity index (χ3n) is 3.66. The van der Waals surface area contributed by atoms with Gasteiger partial charge in [0.05, 0.1) is 6.10 Å². The summed E-state index contributed by atoms with van der Waals surface area (Å²) in [5.41, 5.74) is 2.08. The lowest BCUT2D eigenvalue weighted by Crippen LogP contribution is -2.07. The Hall–Kier alpha value is -2.33. The summed E-state index contributed by atoms with van der Waals surface area (Å²) in [4.78, 5) is 11.2. The number of hydrogen-bond donors (Lipinski definition) is 1. The summed E-state index contributed by atoms with van der Waals surface area (Å²) in [5, 5.41) is 10.6. The van der Waals surface area contributed by atoms with Crippen molar-refractivity contribution >= 4 is 11.0 Å². The van der Waals surface area contributed by atoms with Crippen LogP contribution in [0.25, 0.3) is 11.0 Å². The van der Waals surface area contributed by atoms with Crippen LogP contribution in [0, 0.1) is 0 Å². The molecule has 1 aromatic carbocycles. The minimum atomic E-state index is -0.456. The van der Waals surface area contributed by atoms with Crippen molar-refractivity contribution < 1.29 is 14.3 Å². The van der Waals surface area contributed by atoms with Crippen LogP contribution in [0.1, 0.15) is 26.7 Å². The molecule has 1 aromatic heterocycles. The topological polar surface area (TPSA) is 59.7 Å². The van der Waals surface area contributed by atoms with E-state index in [1.54, 1.807) is 12.1 Å². The van der Waals surface area contributed by atoms with Gasteiger partial charge in [-0.05, 0) is 51.0 Å². The van der Waals surface area contributed by atoms with E-state index < -0.39 is 6.10 Å². The smallest absolute Gasteiger partial charge is 0.336 e. The van der Waals surface area contributed by atoms with Crippen molar-refractivity contribution in [1.29, 1.82) is 0 Å². The summed E-state index contributed by atoms with van der Waals surface area (Å²) >= 11 is 0. The molecule has 4 nitrogen and oxygen atoms in total. The lowest BCUT2D eigenvalue weighted by Gasteiger charge is -2.10. The molecule has 0 aliphatic heterocycles. The van der Waals surface area contributed by atoms with E-state index >= 15 is 0 Å². The molecule has 0 radical (unpaired) electrons. The largest absolute Gasteiger partial charge is 0.489 e. The molecule has 2 aromatic rings. The van der Waals surface area contributed by atoms with E-state index in [0.717, 1.165) is 23.0 Å². The number of rotatable bonds is 7. The lowest BCUT2D eigenvalue weighted by atomic mass is 10.0. The van der Waals surface area contributed by atoms with E-state index in [-0.39, 0.29) is 5.63 Å². The summed E-state index contributed by atoms with van der Waals surface area (Å²) in [6.45, 7) is 8.00. The van der Waals surface area contributed by atoms with Crippen LogP contribution in [0.5, 0.6) is 5.75 Å². The Labute approximate surface area is 135 Å². The third-order valence-corrected chi connectivity index (χ3v) is 3.66. The molecule has 23 heavy (non-hydrogen) atoms. The van der Waals surface area contributed by atoms with Crippen LogP contribution in [-0.2, 0) is 0 Å². The summed E-state index contributed by atoms with van der Waals surface area (Å²) in [6.07, 6.45) is 2.99. The fraction of sp³-hybridized carbons (Fsp3) is 0.316. The minimum Gasteiger partial charge on any atom is -0.489 e. The van der Waals surface area contributed by atoms with Crippen LogP contribution < -0.4 is 10.4 Å². The highest BCUT2D eigenvalue weighted by Gasteiger charge is 2.04.